The lowest BCUT2D eigenvalue weighted by molar-refractivity contribution is 0.359. The molecule has 1 saturated heterocycles. The first kappa shape index (κ1) is 10.6. The van der Waals surface area contributed by atoms with Crippen molar-refractivity contribution in [3.8, 4) is 0 Å². The van der Waals surface area contributed by atoms with Gasteiger partial charge < -0.3 is 9.84 Å². The molecule has 1 aromatic rings. The van der Waals surface area contributed by atoms with E-state index in [0.717, 1.165) is 37.5 Å². The molecule has 84 valence electrons. The van der Waals surface area contributed by atoms with Crippen molar-refractivity contribution >= 4 is 0 Å². The molecular weight excluding hydrogens is 190 g/mol. The number of aromatic nitrogens is 2. The highest BCUT2D eigenvalue weighted by Crippen LogP contribution is 2.11. The van der Waals surface area contributed by atoms with E-state index in [1.165, 1.54) is 19.3 Å². The highest BCUT2D eigenvalue weighted by atomic mass is 16.5. The van der Waals surface area contributed by atoms with Gasteiger partial charge in [-0.2, -0.15) is 4.98 Å². The number of nitrogens with one attached hydrogen (secondary N) is 1. The van der Waals surface area contributed by atoms with E-state index in [9.17, 15) is 0 Å². The zero-order chi connectivity index (χ0) is 10.5. The fourth-order valence-corrected chi connectivity index (χ4v) is 1.95. The normalized spacial score (nSPS) is 21.0. The van der Waals surface area contributed by atoms with Gasteiger partial charge in [-0.05, 0) is 25.8 Å². The van der Waals surface area contributed by atoms with Gasteiger partial charge in [0.15, 0.2) is 5.82 Å². The molecule has 2 rings (SSSR count). The Morgan fingerprint density at radius 2 is 2.47 bits per heavy atom. The number of unbranched alkanes of at least 4 members (excludes halogenated alkanes) is 1. The molecule has 0 radical (unpaired) electrons. The molecule has 1 fully saturated rings. The molecule has 0 amide bonds. The van der Waals surface area contributed by atoms with E-state index < -0.39 is 0 Å². The SMILES string of the molecule is CCCCc1noc(CC2CCCN2)n1. The summed E-state index contributed by atoms with van der Waals surface area (Å²) in [4.78, 5) is 4.39. The highest BCUT2D eigenvalue weighted by Gasteiger charge is 2.17. The third-order valence-electron chi connectivity index (χ3n) is 2.85. The summed E-state index contributed by atoms with van der Waals surface area (Å²) in [5.41, 5.74) is 0. The molecule has 1 aliphatic rings. The Balaban J connectivity index is 1.83. The average Bonchev–Trinajstić information content (AvgIpc) is 2.87. The predicted molar refractivity (Wildman–Crippen MR) is 57.6 cm³/mol. The molecular formula is C11H19N3O. The van der Waals surface area contributed by atoms with Crippen molar-refractivity contribution in [3.63, 3.8) is 0 Å². The fourth-order valence-electron chi connectivity index (χ4n) is 1.95. The standard InChI is InChI=1S/C11H19N3O/c1-2-3-6-10-13-11(15-14-10)8-9-5-4-7-12-9/h9,12H,2-8H2,1H3. The van der Waals surface area contributed by atoms with Gasteiger partial charge in [-0.25, -0.2) is 0 Å². The molecule has 1 unspecified atom stereocenters. The summed E-state index contributed by atoms with van der Waals surface area (Å²) in [7, 11) is 0. The highest BCUT2D eigenvalue weighted by molar-refractivity contribution is 4.91. The molecule has 2 heterocycles. The lowest BCUT2D eigenvalue weighted by Crippen LogP contribution is -2.23. The van der Waals surface area contributed by atoms with Gasteiger partial charge in [0.1, 0.15) is 0 Å². The Morgan fingerprint density at radius 1 is 1.53 bits per heavy atom. The van der Waals surface area contributed by atoms with Crippen LogP contribution >= 0.6 is 0 Å². The van der Waals surface area contributed by atoms with E-state index in [1.54, 1.807) is 0 Å². The summed E-state index contributed by atoms with van der Waals surface area (Å²) in [5.74, 6) is 1.66. The van der Waals surface area contributed by atoms with Crippen LogP contribution in [0.3, 0.4) is 0 Å². The van der Waals surface area contributed by atoms with E-state index in [1.807, 2.05) is 0 Å². The predicted octanol–water partition coefficient (Wildman–Crippen LogP) is 1.71. The van der Waals surface area contributed by atoms with Crippen LogP contribution in [0, 0.1) is 0 Å². The molecule has 1 N–H and O–H groups in total. The lowest BCUT2D eigenvalue weighted by Gasteiger charge is -2.04. The van der Waals surface area contributed by atoms with Crippen LogP contribution in [0.1, 0.15) is 44.3 Å². The minimum absolute atomic E-state index is 0.546. The Kier molecular flexibility index (Phi) is 3.72. The summed E-state index contributed by atoms with van der Waals surface area (Å²) in [6.07, 6.45) is 6.64. The second-order valence-corrected chi connectivity index (χ2v) is 4.21. The van der Waals surface area contributed by atoms with Crippen molar-refractivity contribution < 1.29 is 4.52 Å². The van der Waals surface area contributed by atoms with Gasteiger partial charge >= 0.3 is 0 Å². The smallest absolute Gasteiger partial charge is 0.228 e. The van der Waals surface area contributed by atoms with Gasteiger partial charge in [-0.3, -0.25) is 0 Å². The Hall–Kier alpha value is -0.900. The fraction of sp³-hybridized carbons (Fsp3) is 0.818. The van der Waals surface area contributed by atoms with E-state index in [2.05, 4.69) is 22.4 Å². The first-order valence-corrected chi connectivity index (χ1v) is 5.93. The molecule has 0 bridgehead atoms. The maximum atomic E-state index is 5.22. The van der Waals surface area contributed by atoms with Crippen LogP contribution in [0.5, 0.6) is 0 Å². The van der Waals surface area contributed by atoms with Crippen LogP contribution in [0.2, 0.25) is 0 Å². The van der Waals surface area contributed by atoms with Gasteiger partial charge in [0.25, 0.3) is 0 Å². The summed E-state index contributed by atoms with van der Waals surface area (Å²) >= 11 is 0. The molecule has 1 atom stereocenters. The van der Waals surface area contributed by atoms with Gasteiger partial charge in [0.05, 0.1) is 0 Å². The molecule has 0 aliphatic carbocycles. The minimum Gasteiger partial charge on any atom is -0.339 e. The zero-order valence-corrected chi connectivity index (χ0v) is 9.33. The largest absolute Gasteiger partial charge is 0.339 e. The van der Waals surface area contributed by atoms with Crippen molar-refractivity contribution in [1.82, 2.24) is 15.5 Å². The van der Waals surface area contributed by atoms with Crippen molar-refractivity contribution in [2.75, 3.05) is 6.54 Å². The summed E-state index contributed by atoms with van der Waals surface area (Å²) in [5, 5.41) is 7.41. The van der Waals surface area contributed by atoms with E-state index in [0.29, 0.717) is 6.04 Å². The molecule has 4 heteroatoms. The van der Waals surface area contributed by atoms with Crippen molar-refractivity contribution in [2.45, 2.75) is 51.5 Å². The molecule has 4 nitrogen and oxygen atoms in total. The van der Waals surface area contributed by atoms with E-state index in [4.69, 9.17) is 4.52 Å². The van der Waals surface area contributed by atoms with E-state index >= 15 is 0 Å². The first-order valence-electron chi connectivity index (χ1n) is 5.93. The van der Waals surface area contributed by atoms with Crippen LogP contribution in [0.25, 0.3) is 0 Å². The van der Waals surface area contributed by atoms with Gasteiger partial charge in [-0.15, -0.1) is 0 Å². The topological polar surface area (TPSA) is 51.0 Å². The monoisotopic (exact) mass is 209 g/mol. The molecule has 1 aliphatic heterocycles. The molecule has 0 saturated carbocycles. The van der Waals surface area contributed by atoms with Crippen LogP contribution in [0.4, 0.5) is 0 Å². The molecule has 1 aromatic heterocycles. The molecule has 0 spiro atoms. The molecule has 15 heavy (non-hydrogen) atoms. The van der Waals surface area contributed by atoms with Crippen LogP contribution in [-0.2, 0) is 12.8 Å². The second-order valence-electron chi connectivity index (χ2n) is 4.21. The summed E-state index contributed by atoms with van der Waals surface area (Å²) in [6.45, 7) is 3.30. The molecule has 0 aromatic carbocycles. The van der Waals surface area contributed by atoms with E-state index in [-0.39, 0.29) is 0 Å². The van der Waals surface area contributed by atoms with Gasteiger partial charge in [0, 0.05) is 18.9 Å². The van der Waals surface area contributed by atoms with Gasteiger partial charge in [-0.1, -0.05) is 18.5 Å². The number of rotatable bonds is 5. The summed E-state index contributed by atoms with van der Waals surface area (Å²) < 4.78 is 5.22. The Morgan fingerprint density at radius 3 is 3.20 bits per heavy atom. The Bertz CT molecular complexity index is 292. The second kappa shape index (κ2) is 5.26. The average molecular weight is 209 g/mol. The van der Waals surface area contributed by atoms with Crippen molar-refractivity contribution in [1.29, 1.82) is 0 Å². The van der Waals surface area contributed by atoms with Crippen LogP contribution < -0.4 is 5.32 Å². The quantitative estimate of drug-likeness (QED) is 0.802. The zero-order valence-electron chi connectivity index (χ0n) is 9.33. The Labute approximate surface area is 90.4 Å². The van der Waals surface area contributed by atoms with Crippen LogP contribution in [0.15, 0.2) is 4.52 Å². The summed E-state index contributed by atoms with van der Waals surface area (Å²) in [6, 6.07) is 0.546. The van der Waals surface area contributed by atoms with Crippen LogP contribution in [-0.4, -0.2) is 22.7 Å². The van der Waals surface area contributed by atoms with Crippen molar-refractivity contribution in [3.05, 3.63) is 11.7 Å². The third-order valence-corrected chi connectivity index (χ3v) is 2.85. The third kappa shape index (κ3) is 3.02. The maximum Gasteiger partial charge on any atom is 0.228 e. The van der Waals surface area contributed by atoms with Gasteiger partial charge in [0.2, 0.25) is 5.89 Å². The first-order chi connectivity index (χ1) is 7.38. The number of hydrogen-bond donors (Lipinski definition) is 1. The lowest BCUT2D eigenvalue weighted by atomic mass is 10.1. The van der Waals surface area contributed by atoms with Crippen molar-refractivity contribution in [2.24, 2.45) is 0 Å². The number of hydrogen-bond acceptors (Lipinski definition) is 4. The maximum absolute atomic E-state index is 5.22. The number of nitrogens with zero attached hydrogens (tertiary/aromatic N) is 2. The minimum atomic E-state index is 0.546. The number of aryl methyl sites for hydroxylation is 1.